The van der Waals surface area contributed by atoms with Crippen molar-refractivity contribution in [3.05, 3.63) is 102 Å². The predicted octanol–water partition coefficient (Wildman–Crippen LogP) is 5.01. The van der Waals surface area contributed by atoms with Gasteiger partial charge in [-0.2, -0.15) is 5.10 Å². The lowest BCUT2D eigenvalue weighted by Crippen LogP contribution is -2.24. The summed E-state index contributed by atoms with van der Waals surface area (Å²) in [6.45, 7) is 1.49. The second kappa shape index (κ2) is 9.96. The molecular formula is C27H24N2O4. The fraction of sp³-hybridized carbons (Fsp3) is 0.148. The van der Waals surface area contributed by atoms with Crippen LogP contribution >= 0.6 is 0 Å². The third-order valence-electron chi connectivity index (χ3n) is 5.34. The van der Waals surface area contributed by atoms with Gasteiger partial charge in [-0.3, -0.25) is 4.79 Å². The summed E-state index contributed by atoms with van der Waals surface area (Å²) in [6.07, 6.45) is 3.57. The van der Waals surface area contributed by atoms with Gasteiger partial charge in [0, 0.05) is 31.1 Å². The smallest absolute Gasteiger partial charge is 0.336 e. The molecule has 3 aromatic rings. The Labute approximate surface area is 192 Å². The van der Waals surface area contributed by atoms with Gasteiger partial charge in [0.25, 0.3) is 0 Å². The molecule has 3 aromatic carbocycles. The SMILES string of the molecule is COc1ccc(C2=NN(C(C)=O)[C@@H](c3ccccc3)C2)c(OC(=O)/C=C/c2ccccc2)c1. The van der Waals surface area contributed by atoms with E-state index in [9.17, 15) is 9.59 Å². The molecule has 1 aliphatic rings. The van der Waals surface area contributed by atoms with Crippen molar-refractivity contribution in [3.63, 3.8) is 0 Å². The average Bonchev–Trinajstić information content (AvgIpc) is 3.29. The normalized spacial score (nSPS) is 15.4. The van der Waals surface area contributed by atoms with E-state index in [4.69, 9.17) is 9.47 Å². The highest BCUT2D eigenvalue weighted by Gasteiger charge is 2.32. The number of methoxy groups -OCH3 is 1. The number of carbonyl (C=O) groups is 2. The van der Waals surface area contributed by atoms with Gasteiger partial charge in [0.1, 0.15) is 11.5 Å². The van der Waals surface area contributed by atoms with Crippen LogP contribution in [0, 0.1) is 0 Å². The molecule has 6 heteroatoms. The van der Waals surface area contributed by atoms with Crippen LogP contribution in [0.1, 0.15) is 36.1 Å². The van der Waals surface area contributed by atoms with E-state index < -0.39 is 5.97 Å². The van der Waals surface area contributed by atoms with Crippen LogP contribution < -0.4 is 9.47 Å². The molecule has 0 unspecified atom stereocenters. The lowest BCUT2D eigenvalue weighted by atomic mass is 9.98. The quantitative estimate of drug-likeness (QED) is 0.307. The molecule has 6 nitrogen and oxygen atoms in total. The Hall–Kier alpha value is -4.19. The molecule has 4 rings (SSSR count). The fourth-order valence-corrected chi connectivity index (χ4v) is 3.72. The van der Waals surface area contributed by atoms with Gasteiger partial charge in [-0.15, -0.1) is 0 Å². The van der Waals surface area contributed by atoms with Gasteiger partial charge >= 0.3 is 5.97 Å². The summed E-state index contributed by atoms with van der Waals surface area (Å²) in [7, 11) is 1.55. The fourth-order valence-electron chi connectivity index (χ4n) is 3.72. The third kappa shape index (κ3) is 5.18. The number of esters is 1. The summed E-state index contributed by atoms with van der Waals surface area (Å²) in [5, 5.41) is 6.06. The molecule has 0 fully saturated rings. The topological polar surface area (TPSA) is 68.2 Å². The van der Waals surface area contributed by atoms with Crippen LogP contribution in [-0.4, -0.2) is 29.7 Å². The second-order valence-corrected chi connectivity index (χ2v) is 7.57. The lowest BCUT2D eigenvalue weighted by Gasteiger charge is -2.20. The Morgan fingerprint density at radius 1 is 1.00 bits per heavy atom. The number of carbonyl (C=O) groups excluding carboxylic acids is 2. The Kier molecular flexibility index (Phi) is 6.64. The van der Waals surface area contributed by atoms with Crippen LogP contribution in [0.3, 0.4) is 0 Å². The van der Waals surface area contributed by atoms with Crippen molar-refractivity contribution in [2.75, 3.05) is 7.11 Å². The number of amides is 1. The number of hydrazone groups is 1. The molecule has 0 saturated heterocycles. The Morgan fingerprint density at radius 2 is 1.70 bits per heavy atom. The van der Waals surface area contributed by atoms with Gasteiger partial charge in [0.15, 0.2) is 0 Å². The Bertz CT molecular complexity index is 1200. The molecule has 33 heavy (non-hydrogen) atoms. The van der Waals surface area contributed by atoms with Gasteiger partial charge in [-0.1, -0.05) is 60.7 Å². The molecule has 1 heterocycles. The summed E-state index contributed by atoms with van der Waals surface area (Å²) < 4.78 is 11.0. The Morgan fingerprint density at radius 3 is 2.36 bits per heavy atom. The zero-order chi connectivity index (χ0) is 23.2. The van der Waals surface area contributed by atoms with Crippen molar-refractivity contribution in [3.8, 4) is 11.5 Å². The summed E-state index contributed by atoms with van der Waals surface area (Å²) in [5.41, 5.74) is 3.19. The largest absolute Gasteiger partial charge is 0.497 e. The van der Waals surface area contributed by atoms with E-state index in [2.05, 4.69) is 5.10 Å². The molecule has 0 aliphatic carbocycles. The molecular weight excluding hydrogens is 416 g/mol. The first kappa shape index (κ1) is 22.0. The second-order valence-electron chi connectivity index (χ2n) is 7.57. The number of hydrogen-bond acceptors (Lipinski definition) is 5. The number of nitrogens with zero attached hydrogens (tertiary/aromatic N) is 2. The van der Waals surface area contributed by atoms with E-state index in [1.165, 1.54) is 18.0 Å². The zero-order valence-electron chi connectivity index (χ0n) is 18.5. The molecule has 0 aromatic heterocycles. The van der Waals surface area contributed by atoms with E-state index in [0.29, 0.717) is 29.2 Å². The van der Waals surface area contributed by atoms with Gasteiger partial charge in [0.2, 0.25) is 5.91 Å². The predicted molar refractivity (Wildman–Crippen MR) is 127 cm³/mol. The van der Waals surface area contributed by atoms with Gasteiger partial charge in [-0.25, -0.2) is 9.80 Å². The zero-order valence-corrected chi connectivity index (χ0v) is 18.5. The highest BCUT2D eigenvalue weighted by Crippen LogP contribution is 2.36. The monoisotopic (exact) mass is 440 g/mol. The minimum atomic E-state index is -0.519. The minimum absolute atomic E-state index is 0.156. The average molecular weight is 440 g/mol. The van der Waals surface area contributed by atoms with Crippen LogP contribution in [0.25, 0.3) is 6.08 Å². The maximum Gasteiger partial charge on any atom is 0.336 e. The van der Waals surface area contributed by atoms with Crippen LogP contribution in [0.4, 0.5) is 0 Å². The Balaban J connectivity index is 1.62. The summed E-state index contributed by atoms with van der Waals surface area (Å²) in [5.74, 6) is 0.204. The first-order chi connectivity index (χ1) is 16.0. The minimum Gasteiger partial charge on any atom is -0.497 e. The van der Waals surface area contributed by atoms with Crippen molar-refractivity contribution in [1.82, 2.24) is 5.01 Å². The first-order valence-electron chi connectivity index (χ1n) is 10.6. The molecule has 166 valence electrons. The summed E-state index contributed by atoms with van der Waals surface area (Å²) in [6, 6.07) is 24.3. The molecule has 0 radical (unpaired) electrons. The lowest BCUT2D eigenvalue weighted by molar-refractivity contribution is -0.131. The maximum absolute atomic E-state index is 12.6. The van der Waals surface area contributed by atoms with Crippen LogP contribution in [-0.2, 0) is 9.59 Å². The van der Waals surface area contributed by atoms with E-state index >= 15 is 0 Å². The molecule has 1 atom stereocenters. The van der Waals surface area contributed by atoms with Crippen LogP contribution in [0.5, 0.6) is 11.5 Å². The van der Waals surface area contributed by atoms with Crippen molar-refractivity contribution < 1.29 is 19.1 Å². The number of rotatable bonds is 6. The molecule has 1 aliphatic heterocycles. The van der Waals surface area contributed by atoms with Crippen LogP contribution in [0.2, 0.25) is 0 Å². The number of benzene rings is 3. The van der Waals surface area contributed by atoms with E-state index in [-0.39, 0.29) is 11.9 Å². The third-order valence-corrected chi connectivity index (χ3v) is 5.34. The summed E-state index contributed by atoms with van der Waals surface area (Å²) in [4.78, 5) is 24.9. The van der Waals surface area contributed by atoms with Gasteiger partial charge < -0.3 is 9.47 Å². The van der Waals surface area contributed by atoms with Crippen LogP contribution in [0.15, 0.2) is 90.0 Å². The first-order valence-corrected chi connectivity index (χ1v) is 10.6. The number of hydrogen-bond donors (Lipinski definition) is 0. The molecule has 0 saturated carbocycles. The van der Waals surface area contributed by atoms with Gasteiger partial charge in [-0.05, 0) is 29.3 Å². The maximum atomic E-state index is 12.6. The summed E-state index contributed by atoms with van der Waals surface area (Å²) >= 11 is 0. The van der Waals surface area contributed by atoms with Crippen molar-refractivity contribution >= 4 is 23.7 Å². The van der Waals surface area contributed by atoms with E-state index in [0.717, 1.165) is 11.1 Å². The van der Waals surface area contributed by atoms with Crippen molar-refractivity contribution in [2.24, 2.45) is 5.10 Å². The molecule has 0 bridgehead atoms. The molecule has 0 N–H and O–H groups in total. The van der Waals surface area contributed by atoms with Crippen molar-refractivity contribution in [2.45, 2.75) is 19.4 Å². The van der Waals surface area contributed by atoms with E-state index in [1.807, 2.05) is 60.7 Å². The molecule has 0 spiro atoms. The standard InChI is InChI=1S/C27H24N2O4/c1-19(30)29-25(21-11-7-4-8-12-21)18-24(28-29)23-15-14-22(32-2)17-26(23)33-27(31)16-13-20-9-5-3-6-10-20/h3-17,25H,18H2,1-2H3/b16-13+/t25-/m1/s1. The highest BCUT2D eigenvalue weighted by molar-refractivity contribution is 6.06. The highest BCUT2D eigenvalue weighted by atomic mass is 16.5. The molecule has 1 amide bonds. The number of ether oxygens (including phenoxy) is 2. The van der Waals surface area contributed by atoms with Crippen molar-refractivity contribution in [1.29, 1.82) is 0 Å². The van der Waals surface area contributed by atoms with E-state index in [1.54, 1.807) is 31.4 Å². The van der Waals surface area contributed by atoms with Gasteiger partial charge in [0.05, 0.1) is 18.9 Å².